The van der Waals surface area contributed by atoms with Gasteiger partial charge in [-0.2, -0.15) is 0 Å². The molecule has 2 heterocycles. The molecule has 0 saturated carbocycles. The first kappa shape index (κ1) is 21.9. The maximum atomic E-state index is 12.2. The van der Waals surface area contributed by atoms with Crippen molar-refractivity contribution < 1.29 is 8.42 Å². The van der Waals surface area contributed by atoms with Crippen LogP contribution in [-0.2, 0) is 16.4 Å². The van der Waals surface area contributed by atoms with Gasteiger partial charge < -0.3 is 14.8 Å². The van der Waals surface area contributed by atoms with E-state index in [9.17, 15) is 8.42 Å². The molecule has 1 aromatic carbocycles. The SMILES string of the molecule is CCNC(=NCCn1cnc2ccccc21)N1CCS(=O)(=O)C(C)(C)C1.I. The Labute approximate surface area is 178 Å². The molecule has 0 unspecified atom stereocenters. The summed E-state index contributed by atoms with van der Waals surface area (Å²) in [5.41, 5.74) is 2.07. The van der Waals surface area contributed by atoms with E-state index in [1.807, 2.05) is 31.5 Å². The molecule has 0 bridgehead atoms. The molecule has 0 atom stereocenters. The predicted molar refractivity (Wildman–Crippen MR) is 121 cm³/mol. The lowest BCUT2D eigenvalue weighted by Crippen LogP contribution is -2.57. The van der Waals surface area contributed by atoms with E-state index >= 15 is 0 Å². The van der Waals surface area contributed by atoms with Crippen molar-refractivity contribution >= 4 is 50.8 Å². The second kappa shape index (κ2) is 8.76. The second-order valence-corrected chi connectivity index (χ2v) is 9.91. The van der Waals surface area contributed by atoms with Crippen molar-refractivity contribution in [3.63, 3.8) is 0 Å². The Balaban J connectivity index is 0.00000261. The summed E-state index contributed by atoms with van der Waals surface area (Å²) in [5.74, 6) is 0.941. The second-order valence-electron chi connectivity index (χ2n) is 7.16. The first-order valence-corrected chi connectivity index (χ1v) is 10.6. The number of benzene rings is 1. The van der Waals surface area contributed by atoms with E-state index in [0.717, 1.165) is 30.1 Å². The van der Waals surface area contributed by atoms with Gasteiger partial charge in [0.05, 0.1) is 34.4 Å². The molecule has 1 aliphatic heterocycles. The van der Waals surface area contributed by atoms with Gasteiger partial charge in [0.1, 0.15) is 0 Å². The normalized spacial score (nSPS) is 18.9. The standard InChI is InChI=1S/C18H27N5O2S.HI/c1-4-19-17(22-11-12-26(24,25)18(2,3)13-22)20-9-10-23-14-21-15-7-5-6-8-16(15)23;/h5-8,14H,4,9-13H2,1-3H3,(H,19,20);1H. The number of hydrogen-bond donors (Lipinski definition) is 1. The van der Waals surface area contributed by atoms with Crippen LogP contribution in [0, 0.1) is 0 Å². The van der Waals surface area contributed by atoms with Crippen molar-refractivity contribution in [2.45, 2.75) is 32.1 Å². The van der Waals surface area contributed by atoms with Crippen LogP contribution in [0.25, 0.3) is 11.0 Å². The maximum Gasteiger partial charge on any atom is 0.194 e. The average molecular weight is 505 g/mol. The van der Waals surface area contributed by atoms with Crippen LogP contribution in [0.15, 0.2) is 35.6 Å². The number of aromatic nitrogens is 2. The van der Waals surface area contributed by atoms with Crippen LogP contribution in [0.3, 0.4) is 0 Å². The molecule has 1 saturated heterocycles. The number of fused-ring (bicyclic) bond motifs is 1. The van der Waals surface area contributed by atoms with E-state index in [1.165, 1.54) is 0 Å². The summed E-state index contributed by atoms with van der Waals surface area (Å²) in [6, 6.07) is 8.03. The molecular weight excluding hydrogens is 477 g/mol. The minimum atomic E-state index is -3.06. The van der Waals surface area contributed by atoms with Gasteiger partial charge in [0.25, 0.3) is 0 Å². The molecule has 3 rings (SSSR count). The van der Waals surface area contributed by atoms with Gasteiger partial charge in [-0.25, -0.2) is 13.4 Å². The highest BCUT2D eigenvalue weighted by Gasteiger charge is 2.40. The Morgan fingerprint density at radius 3 is 2.78 bits per heavy atom. The Bertz CT molecular complexity index is 907. The van der Waals surface area contributed by atoms with E-state index in [1.54, 1.807) is 13.8 Å². The van der Waals surface area contributed by atoms with Crippen molar-refractivity contribution in [2.75, 3.05) is 31.9 Å². The van der Waals surface area contributed by atoms with Gasteiger partial charge in [0.15, 0.2) is 15.8 Å². The van der Waals surface area contributed by atoms with Crippen LogP contribution in [0.2, 0.25) is 0 Å². The van der Waals surface area contributed by atoms with Crippen LogP contribution >= 0.6 is 24.0 Å². The largest absolute Gasteiger partial charge is 0.357 e. The topological polar surface area (TPSA) is 79.6 Å². The van der Waals surface area contributed by atoms with Crippen molar-refractivity contribution in [3.05, 3.63) is 30.6 Å². The maximum absolute atomic E-state index is 12.2. The third-order valence-electron chi connectivity index (χ3n) is 4.81. The molecule has 0 aliphatic carbocycles. The number of para-hydroxylation sites is 2. The zero-order valence-corrected chi connectivity index (χ0v) is 19.2. The number of sulfone groups is 1. The summed E-state index contributed by atoms with van der Waals surface area (Å²) < 4.78 is 25.8. The van der Waals surface area contributed by atoms with Gasteiger partial charge in [-0.3, -0.25) is 4.99 Å². The minimum absolute atomic E-state index is 0. The van der Waals surface area contributed by atoms with Gasteiger partial charge in [-0.1, -0.05) is 12.1 Å². The van der Waals surface area contributed by atoms with Crippen molar-refractivity contribution in [2.24, 2.45) is 4.99 Å². The molecule has 1 aliphatic rings. The Morgan fingerprint density at radius 2 is 2.07 bits per heavy atom. The Hall–Kier alpha value is -1.36. The molecule has 150 valence electrons. The monoisotopic (exact) mass is 505 g/mol. The number of hydrogen-bond acceptors (Lipinski definition) is 4. The molecule has 9 heteroatoms. The fraction of sp³-hybridized carbons (Fsp3) is 0.556. The quantitative estimate of drug-likeness (QED) is 0.392. The molecule has 1 aromatic heterocycles. The molecule has 0 amide bonds. The number of nitrogens with one attached hydrogen (secondary N) is 1. The van der Waals surface area contributed by atoms with E-state index in [2.05, 4.69) is 25.8 Å². The number of rotatable bonds is 4. The summed E-state index contributed by atoms with van der Waals surface area (Å²) >= 11 is 0. The smallest absolute Gasteiger partial charge is 0.194 e. The third-order valence-corrected chi connectivity index (χ3v) is 7.34. The van der Waals surface area contributed by atoms with Gasteiger partial charge in [0, 0.05) is 26.2 Å². The van der Waals surface area contributed by atoms with E-state index < -0.39 is 14.6 Å². The molecular formula is C18H28IN5O2S. The molecule has 0 spiro atoms. The van der Waals surface area contributed by atoms with Gasteiger partial charge in [0.2, 0.25) is 0 Å². The van der Waals surface area contributed by atoms with E-state index in [-0.39, 0.29) is 29.7 Å². The number of guanidine groups is 1. The number of nitrogens with zero attached hydrogens (tertiary/aromatic N) is 4. The fourth-order valence-electron chi connectivity index (χ4n) is 3.20. The lowest BCUT2D eigenvalue weighted by atomic mass is 10.2. The molecule has 1 fully saturated rings. The zero-order chi connectivity index (χ0) is 18.8. The summed E-state index contributed by atoms with van der Waals surface area (Å²) in [4.78, 5) is 11.2. The molecule has 7 nitrogen and oxygen atoms in total. The van der Waals surface area contributed by atoms with Crippen LogP contribution in [0.1, 0.15) is 20.8 Å². The highest BCUT2D eigenvalue weighted by atomic mass is 127. The van der Waals surface area contributed by atoms with E-state index in [4.69, 9.17) is 4.99 Å². The van der Waals surface area contributed by atoms with E-state index in [0.29, 0.717) is 19.6 Å². The van der Waals surface area contributed by atoms with Crippen LogP contribution in [0.5, 0.6) is 0 Å². The fourth-order valence-corrected chi connectivity index (χ4v) is 4.57. The first-order valence-electron chi connectivity index (χ1n) is 8.99. The predicted octanol–water partition coefficient (Wildman–Crippen LogP) is 2.13. The number of halogens is 1. The third kappa shape index (κ3) is 4.74. The van der Waals surface area contributed by atoms with Crippen molar-refractivity contribution in [1.82, 2.24) is 19.8 Å². The minimum Gasteiger partial charge on any atom is -0.357 e. The summed E-state index contributed by atoms with van der Waals surface area (Å²) in [6.07, 6.45) is 1.84. The highest BCUT2D eigenvalue weighted by Crippen LogP contribution is 2.23. The number of aliphatic imine (C=N–C) groups is 1. The van der Waals surface area contributed by atoms with Crippen molar-refractivity contribution in [3.8, 4) is 0 Å². The lowest BCUT2D eigenvalue weighted by molar-refractivity contribution is 0.353. The highest BCUT2D eigenvalue weighted by molar-refractivity contribution is 14.0. The summed E-state index contributed by atoms with van der Waals surface area (Å²) in [6.45, 7) is 8.60. The Kier molecular flexibility index (Phi) is 7.12. The summed E-state index contributed by atoms with van der Waals surface area (Å²) in [7, 11) is -3.06. The van der Waals surface area contributed by atoms with Gasteiger partial charge in [-0.05, 0) is 32.9 Å². The van der Waals surface area contributed by atoms with Crippen molar-refractivity contribution in [1.29, 1.82) is 0 Å². The lowest BCUT2D eigenvalue weighted by Gasteiger charge is -2.39. The number of imidazole rings is 1. The zero-order valence-electron chi connectivity index (χ0n) is 16.1. The van der Waals surface area contributed by atoms with Crippen LogP contribution < -0.4 is 5.32 Å². The molecule has 1 N–H and O–H groups in total. The Morgan fingerprint density at radius 1 is 1.33 bits per heavy atom. The van der Waals surface area contributed by atoms with Gasteiger partial charge in [-0.15, -0.1) is 24.0 Å². The average Bonchev–Trinajstić information content (AvgIpc) is 3.00. The molecule has 27 heavy (non-hydrogen) atoms. The van der Waals surface area contributed by atoms with Crippen LogP contribution in [0.4, 0.5) is 0 Å². The van der Waals surface area contributed by atoms with Gasteiger partial charge >= 0.3 is 0 Å². The first-order chi connectivity index (χ1) is 12.3. The van der Waals surface area contributed by atoms with Crippen LogP contribution in [-0.4, -0.2) is 65.5 Å². The molecule has 0 radical (unpaired) electrons. The molecule has 2 aromatic rings. The summed E-state index contributed by atoms with van der Waals surface area (Å²) in [5, 5.41) is 3.29.